The molecule has 0 aliphatic carbocycles. The Kier molecular flexibility index (Phi) is 17.1. The minimum atomic E-state index is 0. The molecular weight excluding hydrogens is 292 g/mol. The Labute approximate surface area is 141 Å². The summed E-state index contributed by atoms with van der Waals surface area (Å²) in [4.78, 5) is 0. The van der Waals surface area contributed by atoms with E-state index in [1.165, 1.54) is 20.6 Å². The predicted molar refractivity (Wildman–Crippen MR) is 91.8 cm³/mol. The maximum absolute atomic E-state index is 4.53. The first-order valence-electron chi connectivity index (χ1n) is 6.30. The smallest absolute Gasteiger partial charge is 0.533 e. The Morgan fingerprint density at radius 3 is 1.90 bits per heavy atom. The van der Waals surface area contributed by atoms with E-state index in [0.717, 1.165) is 0 Å². The summed E-state index contributed by atoms with van der Waals surface area (Å²) < 4.78 is 0. The number of hydrogen-bond donors (Lipinski definition) is 0. The van der Waals surface area contributed by atoms with E-state index in [2.05, 4.69) is 48.6 Å². The summed E-state index contributed by atoms with van der Waals surface area (Å²) in [5, 5.41) is 2.66. The molecule has 0 saturated carbocycles. The molecule has 0 aliphatic rings. The first-order valence-corrected chi connectivity index (χ1v) is 7.12. The second kappa shape index (κ2) is 16.0. The predicted octanol–water partition coefficient (Wildman–Crippen LogP) is 4.12. The van der Waals surface area contributed by atoms with Crippen LogP contribution in [0.5, 0.6) is 0 Å². The maximum Gasteiger partial charge on any atom is 4.00 e. The summed E-state index contributed by atoms with van der Waals surface area (Å²) in [6, 6.07) is 24.7. The van der Waals surface area contributed by atoms with Gasteiger partial charge in [-0.3, -0.25) is 0 Å². The van der Waals surface area contributed by atoms with E-state index in [9.17, 15) is 0 Å². The van der Waals surface area contributed by atoms with Crippen LogP contribution in [-0.2, 0) is 21.7 Å². The molecule has 0 N–H and O–H groups in total. The van der Waals surface area contributed by atoms with Gasteiger partial charge in [0.1, 0.15) is 0 Å². The van der Waals surface area contributed by atoms with E-state index >= 15 is 0 Å². The standard InChI is InChI=1S/C9H7.C5H5.C3H7.CH3Si.Ti/c1-2-5-9-7-3-6-8(9)4-1;1-2-4-5-3-1;1-3-2;1-2;/h1-7H;1-5H;3H,1-2H3;1H,2H2;/q4*-1;+4. The van der Waals surface area contributed by atoms with Gasteiger partial charge in [-0.25, -0.2) is 22.0 Å². The Hall–Kier alpha value is -1.02. The molecule has 0 nitrogen and oxygen atoms in total. The zero-order valence-corrected chi connectivity index (χ0v) is 15.3. The summed E-state index contributed by atoms with van der Waals surface area (Å²) in [6.07, 6.45) is 6.53. The maximum atomic E-state index is 4.53. The molecule has 0 fully saturated rings. The Bertz CT molecular complexity index is 449. The van der Waals surface area contributed by atoms with E-state index in [-0.39, 0.29) is 21.7 Å². The van der Waals surface area contributed by atoms with Crippen LogP contribution in [0.15, 0.2) is 72.8 Å². The first kappa shape index (κ1) is 21.3. The van der Waals surface area contributed by atoms with Crippen molar-refractivity contribution in [2.24, 2.45) is 0 Å². The molecule has 3 aromatic rings. The van der Waals surface area contributed by atoms with Gasteiger partial charge in [0.15, 0.2) is 0 Å². The van der Waals surface area contributed by atoms with Crippen LogP contribution in [0.1, 0.15) is 13.8 Å². The molecule has 0 aliphatic heterocycles. The van der Waals surface area contributed by atoms with Crippen molar-refractivity contribution >= 4 is 26.8 Å². The van der Waals surface area contributed by atoms with Gasteiger partial charge in [0, 0.05) is 0 Å². The molecule has 3 aromatic carbocycles. The zero-order valence-electron chi connectivity index (χ0n) is 12.3. The van der Waals surface area contributed by atoms with E-state index in [4.69, 9.17) is 0 Å². The number of fused-ring (bicyclic) bond motifs is 1. The van der Waals surface area contributed by atoms with Crippen LogP contribution in [0.3, 0.4) is 0 Å². The van der Waals surface area contributed by atoms with Gasteiger partial charge in [-0.15, -0.1) is 29.7 Å². The third-order valence-corrected chi connectivity index (χ3v) is 2.10. The van der Waals surface area contributed by atoms with Gasteiger partial charge in [-0.1, -0.05) is 6.07 Å². The van der Waals surface area contributed by atoms with Crippen molar-refractivity contribution in [1.29, 1.82) is 0 Å². The van der Waals surface area contributed by atoms with Crippen molar-refractivity contribution in [3.8, 4) is 0 Å². The molecule has 0 saturated heterocycles. The van der Waals surface area contributed by atoms with Gasteiger partial charge in [-0.2, -0.15) is 49.6 Å². The molecular formula is C18H22SiTi. The molecule has 0 atom stereocenters. The molecule has 0 amide bonds. The van der Waals surface area contributed by atoms with Crippen molar-refractivity contribution < 1.29 is 21.7 Å². The summed E-state index contributed by atoms with van der Waals surface area (Å²) in [5.41, 5.74) is 0. The van der Waals surface area contributed by atoms with Crippen molar-refractivity contribution in [1.82, 2.24) is 0 Å². The van der Waals surface area contributed by atoms with E-state index < -0.39 is 0 Å². The van der Waals surface area contributed by atoms with Gasteiger partial charge in [0.25, 0.3) is 0 Å². The van der Waals surface area contributed by atoms with E-state index in [0.29, 0.717) is 0 Å². The fraction of sp³-hybridized carbons (Fsp3) is 0.111. The van der Waals surface area contributed by atoms with Crippen molar-refractivity contribution in [3.05, 3.63) is 79.2 Å². The molecule has 0 aromatic heterocycles. The Morgan fingerprint density at radius 2 is 1.45 bits per heavy atom. The molecule has 0 unspecified atom stereocenters. The topological polar surface area (TPSA) is 0 Å². The number of hydrogen-bond acceptors (Lipinski definition) is 0. The monoisotopic (exact) mass is 314 g/mol. The van der Waals surface area contributed by atoms with Gasteiger partial charge in [0.05, 0.1) is 0 Å². The van der Waals surface area contributed by atoms with E-state index in [1.807, 2.05) is 50.6 Å². The molecule has 0 radical (unpaired) electrons. The number of benzene rings is 1. The zero-order chi connectivity index (χ0) is 14.3. The van der Waals surface area contributed by atoms with Crippen LogP contribution in [0.25, 0.3) is 10.8 Å². The Morgan fingerprint density at radius 1 is 0.900 bits per heavy atom. The average Bonchev–Trinajstić information content (AvgIpc) is 3.16. The van der Waals surface area contributed by atoms with Crippen molar-refractivity contribution in [3.63, 3.8) is 0 Å². The average molecular weight is 314 g/mol. The molecule has 0 spiro atoms. The third-order valence-electron chi connectivity index (χ3n) is 2.10. The summed E-state index contributed by atoms with van der Waals surface area (Å²) in [7, 11) is 1.36. The fourth-order valence-corrected chi connectivity index (χ4v) is 1.39. The van der Waals surface area contributed by atoms with Gasteiger partial charge >= 0.3 is 21.7 Å². The minimum Gasteiger partial charge on any atom is -0.533 e. The SMILES string of the molecule is C[CH-]C.[CH-]=[SiH2].[Ti+4].c1cc[cH-]c1.c1ccc2[cH-]ccc2c1. The summed E-state index contributed by atoms with van der Waals surface area (Å²) in [5.74, 6) is 0. The molecule has 102 valence electrons. The second-order valence-corrected chi connectivity index (χ2v) is 3.69. The molecule has 20 heavy (non-hydrogen) atoms. The molecule has 0 bridgehead atoms. The molecule has 3 rings (SSSR count). The van der Waals surface area contributed by atoms with Gasteiger partial charge < -0.3 is 12.6 Å². The second-order valence-electron chi connectivity index (χ2n) is 3.69. The quantitative estimate of drug-likeness (QED) is 0.432. The number of rotatable bonds is 0. The minimum absolute atomic E-state index is 0. The van der Waals surface area contributed by atoms with Crippen LogP contribution in [0.4, 0.5) is 0 Å². The van der Waals surface area contributed by atoms with Crippen LogP contribution < -0.4 is 0 Å². The Balaban J connectivity index is 0. The van der Waals surface area contributed by atoms with Crippen LogP contribution >= 0.6 is 0 Å². The summed E-state index contributed by atoms with van der Waals surface area (Å²) >= 11 is 0. The third kappa shape index (κ3) is 9.85. The largest absolute Gasteiger partial charge is 4.00 e. The summed E-state index contributed by atoms with van der Waals surface area (Å²) in [6.45, 7) is 4.00. The van der Waals surface area contributed by atoms with Crippen molar-refractivity contribution in [2.45, 2.75) is 13.8 Å². The van der Waals surface area contributed by atoms with Gasteiger partial charge in [-0.05, 0) is 0 Å². The van der Waals surface area contributed by atoms with E-state index in [1.54, 1.807) is 0 Å². The van der Waals surface area contributed by atoms with Gasteiger partial charge in [0.2, 0.25) is 0 Å². The first-order chi connectivity index (χ1) is 9.38. The van der Waals surface area contributed by atoms with Crippen LogP contribution in [0.2, 0.25) is 0 Å². The normalized spacial score (nSPS) is 7.70. The molecule has 2 heteroatoms. The van der Waals surface area contributed by atoms with Crippen molar-refractivity contribution in [2.75, 3.05) is 0 Å². The molecule has 0 heterocycles. The van der Waals surface area contributed by atoms with Crippen LogP contribution in [0, 0.1) is 6.42 Å². The fourth-order valence-electron chi connectivity index (χ4n) is 1.39. The van der Waals surface area contributed by atoms with Crippen LogP contribution in [-0.4, -0.2) is 16.0 Å².